The summed E-state index contributed by atoms with van der Waals surface area (Å²) in [6.07, 6.45) is 4.35. The number of hydrogen-bond donors (Lipinski definition) is 0. The van der Waals surface area contributed by atoms with E-state index in [4.69, 9.17) is 14.3 Å². The lowest BCUT2D eigenvalue weighted by Gasteiger charge is -2.11. The molecular weight excluding hydrogens is 306 g/mol. The van der Waals surface area contributed by atoms with Crippen molar-refractivity contribution in [3.63, 3.8) is 0 Å². The molecule has 1 aromatic carbocycles. The summed E-state index contributed by atoms with van der Waals surface area (Å²) in [5.74, 6) is 0.289. The summed E-state index contributed by atoms with van der Waals surface area (Å²) < 4.78 is 9.80. The minimum atomic E-state index is -0.389. The Bertz CT molecular complexity index is 645. The van der Waals surface area contributed by atoms with Crippen molar-refractivity contribution in [2.24, 2.45) is 11.1 Å². The molecule has 0 aliphatic heterocycles. The zero-order valence-electron chi connectivity index (χ0n) is 14.8. The van der Waals surface area contributed by atoms with Gasteiger partial charge in [0.1, 0.15) is 6.61 Å². The van der Waals surface area contributed by atoms with Crippen molar-refractivity contribution in [2.45, 2.75) is 33.1 Å². The largest absolute Gasteiger partial charge is 0.504 e. The molecule has 0 radical (unpaired) electrons. The maximum Gasteiger partial charge on any atom is 0.337 e. The van der Waals surface area contributed by atoms with Gasteiger partial charge in [-0.05, 0) is 55.4 Å². The Morgan fingerprint density at radius 1 is 1.33 bits per heavy atom. The first-order valence-electron chi connectivity index (χ1n) is 8.11. The van der Waals surface area contributed by atoms with Crippen molar-refractivity contribution in [1.29, 1.82) is 0 Å². The van der Waals surface area contributed by atoms with Crippen LogP contribution in [0.4, 0.5) is 0 Å². The number of ether oxygens (including phenoxy) is 2. The van der Waals surface area contributed by atoms with Gasteiger partial charge in [0.25, 0.3) is 0 Å². The summed E-state index contributed by atoms with van der Waals surface area (Å²) in [7, 11) is 2.88. The standard InChI is InChI=1S/C19H25NO4/c1-13-5-8-16(14(2)20-24-11-15-6-7-15)9-17(13)10-18(12-22-3)19(21)23-4/h5,8-9,12,15H,6-7,10-11H2,1-4H3/b18-12+,20-14+. The second kappa shape index (κ2) is 8.52. The SMILES string of the molecule is CO/C=C(\Cc1cc(/C(C)=N/OCC2CC2)ccc1C)C(=O)OC. The van der Waals surface area contributed by atoms with Crippen molar-refractivity contribution in [2.75, 3.05) is 20.8 Å². The normalized spacial score (nSPS) is 15.2. The zero-order valence-corrected chi connectivity index (χ0v) is 14.8. The number of benzene rings is 1. The third-order valence-electron chi connectivity index (χ3n) is 4.06. The molecule has 0 amide bonds. The van der Waals surface area contributed by atoms with Crippen LogP contribution in [0, 0.1) is 12.8 Å². The molecule has 0 aromatic heterocycles. The summed E-state index contributed by atoms with van der Waals surface area (Å²) in [5, 5.41) is 4.20. The molecule has 0 spiro atoms. The number of esters is 1. The summed E-state index contributed by atoms with van der Waals surface area (Å²) in [6, 6.07) is 6.06. The van der Waals surface area contributed by atoms with Gasteiger partial charge >= 0.3 is 5.97 Å². The zero-order chi connectivity index (χ0) is 17.5. The monoisotopic (exact) mass is 331 g/mol. The lowest BCUT2D eigenvalue weighted by molar-refractivity contribution is -0.136. The van der Waals surface area contributed by atoms with E-state index in [2.05, 4.69) is 5.16 Å². The molecule has 0 bridgehead atoms. The third kappa shape index (κ3) is 5.11. The maximum absolute atomic E-state index is 11.8. The highest BCUT2D eigenvalue weighted by atomic mass is 16.6. The first-order chi connectivity index (χ1) is 11.5. The van der Waals surface area contributed by atoms with Gasteiger partial charge in [-0.2, -0.15) is 0 Å². The maximum atomic E-state index is 11.8. The highest BCUT2D eigenvalue weighted by Crippen LogP contribution is 2.28. The van der Waals surface area contributed by atoms with Crippen molar-refractivity contribution < 1.29 is 19.1 Å². The summed E-state index contributed by atoms with van der Waals surface area (Å²) in [5.41, 5.74) is 4.40. The quantitative estimate of drug-likeness (QED) is 0.241. The number of aryl methyl sites for hydroxylation is 1. The van der Waals surface area contributed by atoms with Crippen molar-refractivity contribution in [1.82, 2.24) is 0 Å². The van der Waals surface area contributed by atoms with Crippen LogP contribution in [-0.4, -0.2) is 32.5 Å². The number of nitrogens with zero attached hydrogens (tertiary/aromatic N) is 1. The molecule has 0 heterocycles. The molecule has 5 nitrogen and oxygen atoms in total. The number of hydrogen-bond acceptors (Lipinski definition) is 5. The average molecular weight is 331 g/mol. The lowest BCUT2D eigenvalue weighted by Crippen LogP contribution is -2.09. The molecule has 1 saturated carbocycles. The Hall–Kier alpha value is -2.30. The predicted octanol–water partition coefficient (Wildman–Crippen LogP) is 3.39. The van der Waals surface area contributed by atoms with E-state index in [-0.39, 0.29) is 5.97 Å². The first kappa shape index (κ1) is 18.0. The minimum Gasteiger partial charge on any atom is -0.504 e. The Morgan fingerprint density at radius 3 is 2.71 bits per heavy atom. The summed E-state index contributed by atoms with van der Waals surface area (Å²) >= 11 is 0. The number of oxime groups is 1. The fourth-order valence-electron chi connectivity index (χ4n) is 2.30. The van der Waals surface area contributed by atoms with Crippen LogP contribution in [0.3, 0.4) is 0 Å². The van der Waals surface area contributed by atoms with Gasteiger partial charge < -0.3 is 14.3 Å². The highest BCUT2D eigenvalue weighted by molar-refractivity contribution is 5.98. The smallest absolute Gasteiger partial charge is 0.337 e. The summed E-state index contributed by atoms with van der Waals surface area (Å²) in [4.78, 5) is 17.2. The van der Waals surface area contributed by atoms with Crippen LogP contribution in [0.15, 0.2) is 35.2 Å². The molecule has 0 atom stereocenters. The molecule has 1 aliphatic carbocycles. The molecule has 1 aromatic rings. The van der Waals surface area contributed by atoms with Crippen molar-refractivity contribution >= 4 is 11.7 Å². The van der Waals surface area contributed by atoms with Crippen molar-refractivity contribution in [3.8, 4) is 0 Å². The van der Waals surface area contributed by atoms with Gasteiger partial charge in [-0.1, -0.05) is 17.3 Å². The minimum absolute atomic E-state index is 0.389. The van der Waals surface area contributed by atoms with Crippen LogP contribution >= 0.6 is 0 Å². The summed E-state index contributed by atoms with van der Waals surface area (Å²) in [6.45, 7) is 4.63. The van der Waals surface area contributed by atoms with E-state index < -0.39 is 0 Å². The van der Waals surface area contributed by atoms with Gasteiger partial charge in [0.2, 0.25) is 0 Å². The molecule has 2 rings (SSSR count). The van der Waals surface area contributed by atoms with Gasteiger partial charge in [-0.15, -0.1) is 0 Å². The van der Waals surface area contributed by atoms with E-state index in [0.29, 0.717) is 24.5 Å². The third-order valence-corrected chi connectivity index (χ3v) is 4.06. The Balaban J connectivity index is 2.14. The van der Waals surface area contributed by atoms with Crippen LogP contribution in [0.5, 0.6) is 0 Å². The molecule has 24 heavy (non-hydrogen) atoms. The van der Waals surface area contributed by atoms with Gasteiger partial charge in [0.15, 0.2) is 0 Å². The van der Waals surface area contributed by atoms with E-state index >= 15 is 0 Å². The first-order valence-corrected chi connectivity index (χ1v) is 8.11. The van der Waals surface area contributed by atoms with Crippen LogP contribution in [0.25, 0.3) is 0 Å². The van der Waals surface area contributed by atoms with E-state index in [1.54, 1.807) is 0 Å². The Morgan fingerprint density at radius 2 is 2.08 bits per heavy atom. The van der Waals surface area contributed by atoms with Crippen LogP contribution in [-0.2, 0) is 25.5 Å². The van der Waals surface area contributed by atoms with E-state index in [9.17, 15) is 4.79 Å². The number of rotatable bonds is 8. The molecule has 0 N–H and O–H groups in total. The van der Waals surface area contributed by atoms with Gasteiger partial charge in [-0.3, -0.25) is 0 Å². The average Bonchev–Trinajstić information content (AvgIpc) is 3.39. The molecule has 0 saturated heterocycles. The van der Waals surface area contributed by atoms with Gasteiger partial charge in [0.05, 0.1) is 31.8 Å². The molecule has 1 aliphatic rings. The molecule has 1 fully saturated rings. The molecule has 130 valence electrons. The van der Waals surface area contributed by atoms with Gasteiger partial charge in [-0.25, -0.2) is 4.79 Å². The predicted molar refractivity (Wildman–Crippen MR) is 92.9 cm³/mol. The van der Waals surface area contributed by atoms with Crippen LogP contribution in [0.2, 0.25) is 0 Å². The Labute approximate surface area is 143 Å². The fourth-order valence-corrected chi connectivity index (χ4v) is 2.30. The molecule has 0 unspecified atom stereocenters. The fraction of sp³-hybridized carbons (Fsp3) is 0.474. The van der Waals surface area contributed by atoms with Gasteiger partial charge in [0, 0.05) is 6.42 Å². The highest BCUT2D eigenvalue weighted by Gasteiger charge is 2.22. The number of methoxy groups -OCH3 is 2. The van der Waals surface area contributed by atoms with E-state index in [1.165, 1.54) is 33.3 Å². The van der Waals surface area contributed by atoms with E-state index in [0.717, 1.165) is 22.4 Å². The molecule has 5 heteroatoms. The topological polar surface area (TPSA) is 57.1 Å². The number of carbonyl (C=O) groups is 1. The molecular formula is C19H25NO4. The van der Waals surface area contributed by atoms with Crippen LogP contribution in [0.1, 0.15) is 36.5 Å². The second-order valence-electron chi connectivity index (χ2n) is 6.10. The lowest BCUT2D eigenvalue weighted by atomic mass is 9.97. The van der Waals surface area contributed by atoms with E-state index in [1.807, 2.05) is 32.0 Å². The van der Waals surface area contributed by atoms with Crippen molar-refractivity contribution in [3.05, 3.63) is 46.7 Å². The Kier molecular flexibility index (Phi) is 6.41. The number of carbonyl (C=O) groups excluding carboxylic acids is 1. The second-order valence-corrected chi connectivity index (χ2v) is 6.10. The van der Waals surface area contributed by atoms with Crippen LogP contribution < -0.4 is 0 Å².